The second kappa shape index (κ2) is 6.43. The molecule has 0 aliphatic rings. The van der Waals surface area contributed by atoms with Crippen LogP contribution in [0.25, 0.3) is 0 Å². The van der Waals surface area contributed by atoms with Crippen molar-refractivity contribution in [3.05, 3.63) is 0 Å². The van der Waals surface area contributed by atoms with Gasteiger partial charge in [-0.2, -0.15) is 0 Å². The normalized spacial score (nSPS) is 12.4. The molecule has 0 aromatic heterocycles. The van der Waals surface area contributed by atoms with Gasteiger partial charge in [0.2, 0.25) is 0 Å². The summed E-state index contributed by atoms with van der Waals surface area (Å²) in [5.41, 5.74) is 5.24. The Morgan fingerprint density at radius 2 is 2.00 bits per heavy atom. The van der Waals surface area contributed by atoms with Crippen LogP contribution in [-0.4, -0.2) is 17.6 Å². The molecule has 0 unspecified atom stereocenters. The zero-order chi connectivity index (χ0) is 8.15. The highest BCUT2D eigenvalue weighted by Gasteiger charge is 2.15. The maximum atomic E-state index is 10.4. The van der Waals surface area contributed by atoms with Crippen LogP contribution in [0.3, 0.4) is 0 Å². The lowest BCUT2D eigenvalue weighted by Gasteiger charge is -2.10. The van der Waals surface area contributed by atoms with Crippen LogP contribution in [-0.2, 0) is 4.79 Å². The largest absolute Gasteiger partial charge is 0.481 e. The van der Waals surface area contributed by atoms with E-state index in [9.17, 15) is 4.79 Å². The van der Waals surface area contributed by atoms with E-state index >= 15 is 0 Å². The first-order valence-electron chi connectivity index (χ1n) is 3.50. The highest BCUT2D eigenvalue weighted by atomic mass is 35.5. The Balaban J connectivity index is 0. The number of carbonyl (C=O) groups is 1. The van der Waals surface area contributed by atoms with Crippen molar-refractivity contribution in [3.63, 3.8) is 0 Å². The monoisotopic (exact) mass is 181 g/mol. The molecule has 0 aliphatic heterocycles. The fourth-order valence-corrected chi connectivity index (χ4v) is 0.867. The molecule has 0 fully saturated rings. The molecule has 3 nitrogen and oxygen atoms in total. The fraction of sp³-hybridized carbons (Fsp3) is 0.857. The third-order valence-electron chi connectivity index (χ3n) is 1.39. The Bertz CT molecular complexity index is 117. The van der Waals surface area contributed by atoms with Crippen molar-refractivity contribution < 1.29 is 9.90 Å². The molecule has 0 aromatic carbocycles. The first-order valence-corrected chi connectivity index (χ1v) is 3.50. The average Bonchev–Trinajstić information content (AvgIpc) is 1.81. The molecule has 0 bridgehead atoms. The van der Waals surface area contributed by atoms with Gasteiger partial charge < -0.3 is 10.8 Å². The minimum absolute atomic E-state index is 0. The summed E-state index contributed by atoms with van der Waals surface area (Å²) in [4.78, 5) is 10.4. The van der Waals surface area contributed by atoms with Gasteiger partial charge in [0.05, 0.1) is 5.92 Å². The van der Waals surface area contributed by atoms with Crippen LogP contribution in [0.4, 0.5) is 0 Å². The Morgan fingerprint density at radius 3 is 2.09 bits per heavy atom. The maximum Gasteiger partial charge on any atom is 0.307 e. The van der Waals surface area contributed by atoms with E-state index in [0.29, 0.717) is 12.3 Å². The first-order chi connectivity index (χ1) is 4.57. The average molecular weight is 182 g/mol. The molecule has 0 aliphatic carbocycles. The van der Waals surface area contributed by atoms with E-state index in [4.69, 9.17) is 10.8 Å². The SMILES string of the molecule is CC(C)C[C@@H](CN)C(=O)O.Cl. The molecule has 0 aromatic rings. The van der Waals surface area contributed by atoms with Gasteiger partial charge in [-0.15, -0.1) is 12.4 Å². The molecule has 3 N–H and O–H groups in total. The van der Waals surface area contributed by atoms with Crippen molar-refractivity contribution in [1.82, 2.24) is 0 Å². The van der Waals surface area contributed by atoms with Gasteiger partial charge in [-0.05, 0) is 12.3 Å². The van der Waals surface area contributed by atoms with Crippen LogP contribution >= 0.6 is 12.4 Å². The van der Waals surface area contributed by atoms with E-state index in [0.717, 1.165) is 0 Å². The van der Waals surface area contributed by atoms with Gasteiger partial charge in [-0.25, -0.2) is 0 Å². The Kier molecular flexibility index (Phi) is 7.79. The lowest BCUT2D eigenvalue weighted by molar-refractivity contribution is -0.141. The Hall–Kier alpha value is -0.280. The molecule has 0 radical (unpaired) electrons. The number of halogens is 1. The molecular formula is C7H16ClNO2. The molecule has 0 saturated heterocycles. The molecule has 0 amide bonds. The summed E-state index contributed by atoms with van der Waals surface area (Å²) in [6, 6.07) is 0. The van der Waals surface area contributed by atoms with Crippen molar-refractivity contribution in [2.75, 3.05) is 6.54 Å². The quantitative estimate of drug-likeness (QED) is 0.683. The first kappa shape index (κ1) is 13.3. The van der Waals surface area contributed by atoms with Gasteiger partial charge in [0, 0.05) is 6.54 Å². The number of rotatable bonds is 4. The molecular weight excluding hydrogens is 166 g/mol. The third kappa shape index (κ3) is 6.13. The van der Waals surface area contributed by atoms with Gasteiger partial charge in [0.15, 0.2) is 0 Å². The highest BCUT2D eigenvalue weighted by molar-refractivity contribution is 5.85. The number of nitrogens with two attached hydrogens (primary N) is 1. The molecule has 4 heteroatoms. The molecule has 11 heavy (non-hydrogen) atoms. The fourth-order valence-electron chi connectivity index (χ4n) is 0.867. The van der Waals surface area contributed by atoms with E-state index in [1.54, 1.807) is 0 Å². The summed E-state index contributed by atoms with van der Waals surface area (Å²) in [7, 11) is 0. The van der Waals surface area contributed by atoms with Crippen molar-refractivity contribution in [3.8, 4) is 0 Å². The molecule has 0 spiro atoms. The van der Waals surface area contributed by atoms with Crippen LogP contribution in [0.1, 0.15) is 20.3 Å². The third-order valence-corrected chi connectivity index (χ3v) is 1.39. The predicted octanol–water partition coefficient (Wildman–Crippen LogP) is 1.11. The molecule has 1 atom stereocenters. The van der Waals surface area contributed by atoms with Crippen LogP contribution in [0.2, 0.25) is 0 Å². The Labute approximate surface area is 73.4 Å². The maximum absolute atomic E-state index is 10.4. The summed E-state index contributed by atoms with van der Waals surface area (Å²) in [6.07, 6.45) is 0.672. The molecule has 0 heterocycles. The van der Waals surface area contributed by atoms with Gasteiger partial charge in [-0.1, -0.05) is 13.8 Å². The van der Waals surface area contributed by atoms with Crippen molar-refractivity contribution >= 4 is 18.4 Å². The lowest BCUT2D eigenvalue weighted by Crippen LogP contribution is -2.24. The highest BCUT2D eigenvalue weighted by Crippen LogP contribution is 2.09. The van der Waals surface area contributed by atoms with Gasteiger partial charge in [-0.3, -0.25) is 4.79 Å². The van der Waals surface area contributed by atoms with Crippen LogP contribution in [0.15, 0.2) is 0 Å². The lowest BCUT2D eigenvalue weighted by atomic mass is 9.98. The van der Waals surface area contributed by atoms with Crippen LogP contribution < -0.4 is 5.73 Å². The van der Waals surface area contributed by atoms with Crippen LogP contribution in [0, 0.1) is 11.8 Å². The molecule has 0 saturated carbocycles. The van der Waals surface area contributed by atoms with Gasteiger partial charge in [0.25, 0.3) is 0 Å². The second-order valence-electron chi connectivity index (χ2n) is 2.90. The predicted molar refractivity (Wildman–Crippen MR) is 46.9 cm³/mol. The van der Waals surface area contributed by atoms with Gasteiger partial charge in [0.1, 0.15) is 0 Å². The minimum atomic E-state index is -0.781. The zero-order valence-electron chi connectivity index (χ0n) is 6.91. The smallest absolute Gasteiger partial charge is 0.307 e. The second-order valence-corrected chi connectivity index (χ2v) is 2.90. The summed E-state index contributed by atoms with van der Waals surface area (Å²) in [6.45, 7) is 4.23. The number of hydrogen-bond donors (Lipinski definition) is 2. The zero-order valence-corrected chi connectivity index (χ0v) is 7.73. The van der Waals surface area contributed by atoms with E-state index in [1.165, 1.54) is 0 Å². The van der Waals surface area contributed by atoms with E-state index in [2.05, 4.69) is 0 Å². The number of hydrogen-bond acceptors (Lipinski definition) is 2. The summed E-state index contributed by atoms with van der Waals surface area (Å²) in [5, 5.41) is 8.54. The van der Waals surface area contributed by atoms with E-state index in [1.807, 2.05) is 13.8 Å². The van der Waals surface area contributed by atoms with E-state index < -0.39 is 5.97 Å². The minimum Gasteiger partial charge on any atom is -0.481 e. The number of carboxylic acids is 1. The van der Waals surface area contributed by atoms with Crippen LogP contribution in [0.5, 0.6) is 0 Å². The summed E-state index contributed by atoms with van der Waals surface area (Å²) < 4.78 is 0. The molecule has 0 rings (SSSR count). The number of aliphatic carboxylic acids is 1. The van der Waals surface area contributed by atoms with Crippen molar-refractivity contribution in [2.24, 2.45) is 17.6 Å². The Morgan fingerprint density at radius 1 is 1.55 bits per heavy atom. The van der Waals surface area contributed by atoms with Crippen molar-refractivity contribution in [1.29, 1.82) is 0 Å². The standard InChI is InChI=1S/C7H15NO2.ClH/c1-5(2)3-6(4-8)7(9)10;/h5-6H,3-4,8H2,1-2H3,(H,9,10);1H/t6-;/m0./s1. The summed E-state index contributed by atoms with van der Waals surface area (Å²) >= 11 is 0. The molecule has 68 valence electrons. The van der Waals surface area contributed by atoms with Gasteiger partial charge >= 0.3 is 5.97 Å². The topological polar surface area (TPSA) is 63.3 Å². The van der Waals surface area contributed by atoms with E-state index in [-0.39, 0.29) is 24.9 Å². The van der Waals surface area contributed by atoms with Crippen molar-refractivity contribution in [2.45, 2.75) is 20.3 Å². The summed E-state index contributed by atoms with van der Waals surface area (Å²) in [5.74, 6) is -0.735. The number of carboxylic acid groups (broad SMARTS) is 1.